The Labute approximate surface area is 291 Å². The molecule has 0 saturated carbocycles. The fraction of sp³-hybridized carbons (Fsp3) is 0.205. The van der Waals surface area contributed by atoms with Gasteiger partial charge in [0.2, 0.25) is 5.91 Å². The molecular formula is C39H34F3N2O6P. The summed E-state index contributed by atoms with van der Waals surface area (Å²) >= 11 is 0. The van der Waals surface area contributed by atoms with Gasteiger partial charge >= 0.3 is 13.8 Å². The number of piperidine rings is 1. The second kappa shape index (κ2) is 14.3. The van der Waals surface area contributed by atoms with Crippen LogP contribution >= 0.6 is 7.60 Å². The summed E-state index contributed by atoms with van der Waals surface area (Å²) in [7, 11) is -5.10. The maximum Gasteiger partial charge on any atom is 0.416 e. The molecule has 1 aliphatic rings. The molecule has 5 aromatic rings. The molecular weight excluding hydrogens is 680 g/mol. The number of nitrogens with zero attached hydrogens (tertiary/aromatic N) is 1. The predicted molar refractivity (Wildman–Crippen MR) is 189 cm³/mol. The number of carbonyl (C=O) groups excluding carboxylic acids is 3. The number of alkyl halides is 3. The smallest absolute Gasteiger partial charge is 0.349 e. The molecule has 6 rings (SSSR count). The predicted octanol–water partition coefficient (Wildman–Crippen LogP) is 7.94. The molecule has 8 nitrogen and oxygen atoms in total. The van der Waals surface area contributed by atoms with Crippen molar-refractivity contribution >= 4 is 52.8 Å². The van der Waals surface area contributed by atoms with Crippen molar-refractivity contribution < 1.29 is 41.9 Å². The first-order chi connectivity index (χ1) is 24.2. The van der Waals surface area contributed by atoms with Crippen LogP contribution in [0.25, 0.3) is 27.6 Å². The van der Waals surface area contributed by atoms with Gasteiger partial charge in [-0.1, -0.05) is 78.9 Å². The summed E-state index contributed by atoms with van der Waals surface area (Å²) in [6, 6.07) is 25.8. The van der Waals surface area contributed by atoms with Crippen LogP contribution in [0, 0.1) is 0 Å². The Morgan fingerprint density at radius 3 is 2.10 bits per heavy atom. The van der Waals surface area contributed by atoms with Crippen LogP contribution in [0.4, 0.5) is 13.2 Å². The zero-order valence-corrected chi connectivity index (χ0v) is 28.3. The highest BCUT2D eigenvalue weighted by Crippen LogP contribution is 2.55. The van der Waals surface area contributed by atoms with Gasteiger partial charge < -0.3 is 20.0 Å². The fourth-order valence-corrected chi connectivity index (χ4v) is 7.72. The number of hydrogen-bond acceptors (Lipinski definition) is 4. The molecule has 1 heterocycles. The Kier molecular flexibility index (Phi) is 9.99. The second-order valence-electron chi connectivity index (χ2n) is 12.7. The van der Waals surface area contributed by atoms with E-state index < -0.39 is 36.7 Å². The Balaban J connectivity index is 1.23. The molecule has 0 radical (unpaired) electrons. The fourth-order valence-electron chi connectivity index (χ4n) is 6.68. The van der Waals surface area contributed by atoms with Gasteiger partial charge in [0.15, 0.2) is 5.78 Å². The van der Waals surface area contributed by atoms with Crippen molar-refractivity contribution in [2.75, 3.05) is 6.54 Å². The number of benzene rings is 5. The third kappa shape index (κ3) is 7.81. The molecule has 3 unspecified atom stereocenters. The molecule has 12 heteroatoms. The van der Waals surface area contributed by atoms with Gasteiger partial charge in [-0.3, -0.25) is 18.9 Å². The lowest BCUT2D eigenvalue weighted by Gasteiger charge is -2.37. The number of Topliss-reactive ketones (excluding diaryl/α,β-unsaturated/α-hetero) is 1. The van der Waals surface area contributed by atoms with Crippen molar-refractivity contribution in [1.82, 2.24) is 10.2 Å². The first-order valence-corrected chi connectivity index (χ1v) is 18.0. The van der Waals surface area contributed by atoms with Crippen LogP contribution in [0.5, 0.6) is 0 Å². The van der Waals surface area contributed by atoms with Gasteiger partial charge in [-0.2, -0.15) is 13.2 Å². The largest absolute Gasteiger partial charge is 0.416 e. The van der Waals surface area contributed by atoms with Crippen molar-refractivity contribution in [3.05, 3.63) is 137 Å². The highest BCUT2D eigenvalue weighted by molar-refractivity contribution is 7.53. The van der Waals surface area contributed by atoms with Gasteiger partial charge in [-0.05, 0) is 82.8 Å². The maximum absolute atomic E-state index is 14.3. The molecule has 3 atom stereocenters. The van der Waals surface area contributed by atoms with Crippen molar-refractivity contribution in [2.24, 2.45) is 0 Å². The van der Waals surface area contributed by atoms with E-state index in [4.69, 9.17) is 0 Å². The number of amides is 2. The van der Waals surface area contributed by atoms with E-state index >= 15 is 0 Å². The Bertz CT molecular complexity index is 2210. The number of rotatable bonds is 8. The number of nitrogens with one attached hydrogen (secondary N) is 1. The van der Waals surface area contributed by atoms with Crippen molar-refractivity contribution in [3.63, 3.8) is 0 Å². The first-order valence-electron chi connectivity index (χ1n) is 16.3. The molecule has 51 heavy (non-hydrogen) atoms. The Hall–Kier alpha value is -5.09. The minimum absolute atomic E-state index is 0.0250. The van der Waals surface area contributed by atoms with Gasteiger partial charge in [-0.15, -0.1) is 0 Å². The van der Waals surface area contributed by atoms with E-state index in [2.05, 4.69) is 5.32 Å². The summed E-state index contributed by atoms with van der Waals surface area (Å²) in [5, 5.41) is 5.46. The topological polar surface area (TPSA) is 124 Å². The van der Waals surface area contributed by atoms with Crippen LogP contribution in [0.2, 0.25) is 0 Å². The van der Waals surface area contributed by atoms with E-state index in [1.807, 2.05) is 6.92 Å². The van der Waals surface area contributed by atoms with Crippen LogP contribution in [-0.4, -0.2) is 50.9 Å². The van der Waals surface area contributed by atoms with Crippen LogP contribution < -0.4 is 5.32 Å². The lowest BCUT2D eigenvalue weighted by atomic mass is 9.92. The Morgan fingerprint density at radius 2 is 1.47 bits per heavy atom. The average Bonchev–Trinajstić information content (AvgIpc) is 3.09. The minimum Gasteiger partial charge on any atom is -0.349 e. The van der Waals surface area contributed by atoms with E-state index in [1.54, 1.807) is 71.6 Å². The molecule has 1 aliphatic heterocycles. The van der Waals surface area contributed by atoms with E-state index in [0.717, 1.165) is 12.1 Å². The number of ketones is 1. The highest BCUT2D eigenvalue weighted by Gasteiger charge is 2.40. The van der Waals surface area contributed by atoms with E-state index in [0.29, 0.717) is 39.9 Å². The molecule has 2 amide bonds. The molecule has 1 saturated heterocycles. The number of likely N-dealkylation sites (tertiary alicyclic amines) is 1. The molecule has 0 aromatic heterocycles. The SMILES string of the molecule is CC1CC(NC(=O)c2cc3ccccc3cc2C(=O)C(c2cccc3ccccc23)P(=O)(O)O)CCN1C(=O)/C=C/c1ccc(C(F)(F)F)cc1. The Morgan fingerprint density at radius 1 is 0.863 bits per heavy atom. The summed E-state index contributed by atoms with van der Waals surface area (Å²) in [5.74, 6) is -1.80. The number of hydrogen-bond donors (Lipinski definition) is 3. The summed E-state index contributed by atoms with van der Waals surface area (Å²) < 4.78 is 51.7. The molecule has 262 valence electrons. The third-order valence-electron chi connectivity index (χ3n) is 9.25. The zero-order valence-electron chi connectivity index (χ0n) is 27.4. The van der Waals surface area contributed by atoms with Crippen LogP contribution in [0.3, 0.4) is 0 Å². The van der Waals surface area contributed by atoms with Gasteiger partial charge in [0.05, 0.1) is 11.1 Å². The molecule has 0 bridgehead atoms. The number of carbonyl (C=O) groups is 3. The molecule has 0 spiro atoms. The van der Waals surface area contributed by atoms with Gasteiger partial charge in [0.25, 0.3) is 5.91 Å². The molecule has 3 N–H and O–H groups in total. The quantitative estimate of drug-likeness (QED) is 0.0852. The highest BCUT2D eigenvalue weighted by atomic mass is 31.2. The summed E-state index contributed by atoms with van der Waals surface area (Å²) in [4.78, 5) is 64.1. The van der Waals surface area contributed by atoms with Crippen LogP contribution in [0.1, 0.15) is 62.8 Å². The summed E-state index contributed by atoms with van der Waals surface area (Å²) in [6.45, 7) is 2.11. The van der Waals surface area contributed by atoms with Gasteiger partial charge in [0, 0.05) is 30.3 Å². The summed E-state index contributed by atoms with van der Waals surface area (Å²) in [5.41, 5.74) is -2.20. The zero-order chi connectivity index (χ0) is 36.5. The van der Waals surface area contributed by atoms with E-state index in [-0.39, 0.29) is 41.2 Å². The van der Waals surface area contributed by atoms with Gasteiger partial charge in [0.1, 0.15) is 5.66 Å². The van der Waals surface area contributed by atoms with E-state index in [9.17, 15) is 41.9 Å². The van der Waals surface area contributed by atoms with E-state index in [1.165, 1.54) is 36.4 Å². The van der Waals surface area contributed by atoms with Gasteiger partial charge in [-0.25, -0.2) is 0 Å². The lowest BCUT2D eigenvalue weighted by molar-refractivity contribution is -0.137. The number of fused-ring (bicyclic) bond motifs is 2. The third-order valence-corrected chi connectivity index (χ3v) is 10.4. The molecule has 0 aliphatic carbocycles. The standard InChI is InChI=1S/C39H34F3N2O6P/c1-24-21-30(19-20-44(24)35(45)18-15-25-13-16-29(17-14-25)39(40,41)42)43-38(47)34-23-28-9-3-2-8-27(28)22-33(34)36(46)37(51(48,49)50)32-12-6-10-26-7-4-5-11-31(26)32/h2-18,22-24,30,37H,19-21H2,1H3,(H,43,47)(H2,48,49,50)/b18-15+. The summed E-state index contributed by atoms with van der Waals surface area (Å²) in [6.07, 6.45) is -0.943. The molecule has 1 fully saturated rings. The number of halogens is 3. The van der Waals surface area contributed by atoms with Crippen LogP contribution in [0.15, 0.2) is 109 Å². The van der Waals surface area contributed by atoms with Crippen LogP contribution in [-0.2, 0) is 15.5 Å². The lowest BCUT2D eigenvalue weighted by Crippen LogP contribution is -2.50. The van der Waals surface area contributed by atoms with Crippen molar-refractivity contribution in [2.45, 2.75) is 43.7 Å². The molecule has 5 aromatic carbocycles. The van der Waals surface area contributed by atoms with Crippen molar-refractivity contribution in [1.29, 1.82) is 0 Å². The average molecular weight is 715 g/mol. The first kappa shape index (κ1) is 35.7. The normalized spacial score (nSPS) is 17.5. The van der Waals surface area contributed by atoms with Crippen molar-refractivity contribution in [3.8, 4) is 0 Å². The second-order valence-corrected chi connectivity index (χ2v) is 14.4. The minimum atomic E-state index is -5.10. The monoisotopic (exact) mass is 714 g/mol. The maximum atomic E-state index is 14.3.